The van der Waals surface area contributed by atoms with Crippen molar-refractivity contribution in [1.29, 1.82) is 0 Å². The second-order valence-corrected chi connectivity index (χ2v) is 6.03. The number of carbonyl (C=O) groups is 1. The normalized spacial score (nSPS) is 19.8. The number of hydrogen-bond donors (Lipinski definition) is 1. The average molecular weight is 255 g/mol. The van der Waals surface area contributed by atoms with E-state index in [1.54, 1.807) is 0 Å². The van der Waals surface area contributed by atoms with Crippen LogP contribution in [0, 0.1) is 5.92 Å². The maximum Gasteiger partial charge on any atom is 0.224 e. The van der Waals surface area contributed by atoms with Gasteiger partial charge >= 0.3 is 0 Å². The van der Waals surface area contributed by atoms with Crippen LogP contribution in [-0.4, -0.2) is 62.0 Å². The van der Waals surface area contributed by atoms with E-state index in [4.69, 9.17) is 0 Å². The van der Waals surface area contributed by atoms with Crippen LogP contribution < -0.4 is 5.32 Å². The van der Waals surface area contributed by atoms with E-state index in [1.165, 1.54) is 6.42 Å². The molecular weight excluding hydrogens is 226 g/mol. The van der Waals surface area contributed by atoms with Gasteiger partial charge in [-0.05, 0) is 39.4 Å². The lowest BCUT2D eigenvalue weighted by Crippen LogP contribution is -2.41. The molecule has 4 heteroatoms. The summed E-state index contributed by atoms with van der Waals surface area (Å²) in [4.78, 5) is 16.5. The van der Waals surface area contributed by atoms with Gasteiger partial charge in [0.2, 0.25) is 5.91 Å². The smallest absolute Gasteiger partial charge is 0.224 e. The molecule has 18 heavy (non-hydrogen) atoms. The van der Waals surface area contributed by atoms with Gasteiger partial charge in [0.25, 0.3) is 0 Å². The Hall–Kier alpha value is -0.610. The molecule has 1 aliphatic rings. The topological polar surface area (TPSA) is 35.6 Å². The van der Waals surface area contributed by atoms with Crippen molar-refractivity contribution >= 4 is 5.91 Å². The van der Waals surface area contributed by atoms with Crippen LogP contribution in [0.1, 0.15) is 33.1 Å². The highest BCUT2D eigenvalue weighted by atomic mass is 16.2. The molecule has 0 saturated carbocycles. The Balaban J connectivity index is 2.43. The van der Waals surface area contributed by atoms with Gasteiger partial charge in [-0.25, -0.2) is 0 Å². The summed E-state index contributed by atoms with van der Waals surface area (Å²) in [5.41, 5.74) is 0. The molecule has 1 fully saturated rings. The molecule has 1 N–H and O–H groups in total. The summed E-state index contributed by atoms with van der Waals surface area (Å²) >= 11 is 0. The molecule has 1 saturated heterocycles. The van der Waals surface area contributed by atoms with Gasteiger partial charge in [-0.3, -0.25) is 4.79 Å². The van der Waals surface area contributed by atoms with Gasteiger partial charge in [0.05, 0.1) is 0 Å². The van der Waals surface area contributed by atoms with Crippen LogP contribution in [-0.2, 0) is 4.79 Å². The number of amides is 1. The second-order valence-electron chi connectivity index (χ2n) is 6.03. The SMILES string of the molecule is CC(C)CN(CCN(C)C)C(=O)CC1CCCN1. The summed E-state index contributed by atoms with van der Waals surface area (Å²) in [7, 11) is 4.10. The van der Waals surface area contributed by atoms with Crippen LogP contribution in [0.15, 0.2) is 0 Å². The minimum Gasteiger partial charge on any atom is -0.341 e. The van der Waals surface area contributed by atoms with Gasteiger partial charge in [-0.1, -0.05) is 13.8 Å². The maximum absolute atomic E-state index is 12.3. The van der Waals surface area contributed by atoms with E-state index < -0.39 is 0 Å². The third kappa shape index (κ3) is 5.83. The highest BCUT2D eigenvalue weighted by Gasteiger charge is 2.22. The molecule has 1 atom stereocenters. The molecule has 0 radical (unpaired) electrons. The van der Waals surface area contributed by atoms with E-state index in [0.717, 1.165) is 32.6 Å². The Morgan fingerprint density at radius 3 is 2.56 bits per heavy atom. The van der Waals surface area contributed by atoms with Crippen molar-refractivity contribution in [2.75, 3.05) is 40.3 Å². The molecule has 0 aromatic rings. The number of carbonyl (C=O) groups excluding carboxylic acids is 1. The summed E-state index contributed by atoms with van der Waals surface area (Å²) in [6.45, 7) is 8.07. The fraction of sp³-hybridized carbons (Fsp3) is 0.929. The first-order valence-electron chi connectivity index (χ1n) is 7.15. The highest BCUT2D eigenvalue weighted by molar-refractivity contribution is 5.76. The quantitative estimate of drug-likeness (QED) is 0.742. The maximum atomic E-state index is 12.3. The molecule has 1 unspecified atom stereocenters. The lowest BCUT2D eigenvalue weighted by atomic mass is 10.1. The van der Waals surface area contributed by atoms with Crippen LogP contribution in [0.2, 0.25) is 0 Å². The van der Waals surface area contributed by atoms with E-state index in [0.29, 0.717) is 24.3 Å². The standard InChI is InChI=1S/C14H29N3O/c1-12(2)11-17(9-8-16(3)4)14(18)10-13-6-5-7-15-13/h12-13,15H,5-11H2,1-4H3. The van der Waals surface area contributed by atoms with Crippen molar-refractivity contribution in [2.45, 2.75) is 39.2 Å². The molecule has 0 aromatic heterocycles. The van der Waals surface area contributed by atoms with Crippen LogP contribution in [0.5, 0.6) is 0 Å². The Bertz CT molecular complexity index is 247. The zero-order chi connectivity index (χ0) is 13.5. The van der Waals surface area contributed by atoms with Crippen molar-refractivity contribution in [1.82, 2.24) is 15.1 Å². The van der Waals surface area contributed by atoms with Crippen molar-refractivity contribution < 1.29 is 4.79 Å². The minimum atomic E-state index is 0.310. The number of likely N-dealkylation sites (N-methyl/N-ethyl adjacent to an activating group) is 1. The Kier molecular flexibility index (Phi) is 6.65. The fourth-order valence-corrected chi connectivity index (χ4v) is 2.35. The lowest BCUT2D eigenvalue weighted by molar-refractivity contribution is -0.132. The molecule has 106 valence electrons. The summed E-state index contributed by atoms with van der Waals surface area (Å²) in [6.07, 6.45) is 3.02. The Morgan fingerprint density at radius 2 is 2.06 bits per heavy atom. The number of nitrogens with zero attached hydrogens (tertiary/aromatic N) is 2. The molecule has 1 aliphatic heterocycles. The second kappa shape index (κ2) is 7.74. The van der Waals surface area contributed by atoms with Crippen molar-refractivity contribution in [3.05, 3.63) is 0 Å². The largest absolute Gasteiger partial charge is 0.341 e. The molecule has 0 aromatic carbocycles. The van der Waals surface area contributed by atoms with Crippen LogP contribution >= 0.6 is 0 Å². The Labute approximate surface area is 112 Å². The van der Waals surface area contributed by atoms with E-state index in [9.17, 15) is 4.79 Å². The van der Waals surface area contributed by atoms with Crippen LogP contribution in [0.25, 0.3) is 0 Å². The minimum absolute atomic E-state index is 0.310. The molecule has 1 heterocycles. The zero-order valence-electron chi connectivity index (χ0n) is 12.4. The molecule has 0 aliphatic carbocycles. The van der Waals surface area contributed by atoms with Crippen LogP contribution in [0.3, 0.4) is 0 Å². The fourth-order valence-electron chi connectivity index (χ4n) is 2.35. The zero-order valence-corrected chi connectivity index (χ0v) is 12.4. The molecule has 4 nitrogen and oxygen atoms in total. The Morgan fingerprint density at radius 1 is 1.33 bits per heavy atom. The summed E-state index contributed by atoms with van der Waals surface area (Å²) in [6, 6.07) is 0.409. The number of rotatable bonds is 7. The first-order chi connectivity index (χ1) is 8.49. The van der Waals surface area contributed by atoms with Gasteiger partial charge < -0.3 is 15.1 Å². The predicted molar refractivity (Wildman–Crippen MR) is 75.6 cm³/mol. The number of hydrogen-bond acceptors (Lipinski definition) is 3. The van der Waals surface area contributed by atoms with Gasteiger partial charge in [0, 0.05) is 32.1 Å². The van der Waals surface area contributed by atoms with E-state index in [2.05, 4.69) is 38.2 Å². The van der Waals surface area contributed by atoms with Crippen molar-refractivity contribution in [3.63, 3.8) is 0 Å². The third-order valence-electron chi connectivity index (χ3n) is 3.34. The van der Waals surface area contributed by atoms with Gasteiger partial charge in [0.1, 0.15) is 0 Å². The van der Waals surface area contributed by atoms with Crippen LogP contribution in [0.4, 0.5) is 0 Å². The molecule has 1 amide bonds. The number of nitrogens with one attached hydrogen (secondary N) is 1. The summed E-state index contributed by atoms with van der Waals surface area (Å²) in [5, 5.41) is 3.40. The lowest BCUT2D eigenvalue weighted by Gasteiger charge is -2.27. The molecule has 0 bridgehead atoms. The van der Waals surface area contributed by atoms with Crippen molar-refractivity contribution in [2.24, 2.45) is 5.92 Å². The highest BCUT2D eigenvalue weighted by Crippen LogP contribution is 2.11. The first-order valence-corrected chi connectivity index (χ1v) is 7.15. The monoisotopic (exact) mass is 255 g/mol. The van der Waals surface area contributed by atoms with Gasteiger partial charge in [0.15, 0.2) is 0 Å². The van der Waals surface area contributed by atoms with E-state index in [-0.39, 0.29) is 0 Å². The summed E-state index contributed by atoms with van der Waals surface area (Å²) < 4.78 is 0. The predicted octanol–water partition coefficient (Wildman–Crippen LogP) is 1.17. The summed E-state index contributed by atoms with van der Waals surface area (Å²) in [5.74, 6) is 0.845. The van der Waals surface area contributed by atoms with Gasteiger partial charge in [-0.15, -0.1) is 0 Å². The van der Waals surface area contributed by atoms with Crippen molar-refractivity contribution in [3.8, 4) is 0 Å². The molecule has 1 rings (SSSR count). The van der Waals surface area contributed by atoms with E-state index >= 15 is 0 Å². The third-order valence-corrected chi connectivity index (χ3v) is 3.34. The van der Waals surface area contributed by atoms with E-state index in [1.807, 2.05) is 4.90 Å². The molecular formula is C14H29N3O. The first kappa shape index (κ1) is 15.4. The molecule has 0 spiro atoms. The average Bonchev–Trinajstić information content (AvgIpc) is 2.76. The van der Waals surface area contributed by atoms with Gasteiger partial charge in [-0.2, -0.15) is 0 Å².